The van der Waals surface area contributed by atoms with Crippen LogP contribution in [0.3, 0.4) is 0 Å². The molecule has 1 nitrogen and oxygen atoms in total. The summed E-state index contributed by atoms with van der Waals surface area (Å²) in [5, 5.41) is 10.2. The Morgan fingerprint density at radius 3 is 2.50 bits per heavy atom. The molecule has 3 unspecified atom stereocenters. The van der Waals surface area contributed by atoms with E-state index >= 15 is 0 Å². The number of hydrogen-bond acceptors (Lipinski definition) is 1. The fourth-order valence-corrected chi connectivity index (χ4v) is 3.43. The molecule has 1 aromatic carbocycles. The second-order valence-corrected chi connectivity index (χ2v) is 5.19. The van der Waals surface area contributed by atoms with Crippen molar-refractivity contribution in [1.29, 1.82) is 0 Å². The minimum atomic E-state index is -0.455. The molecule has 86 valence electrons. The van der Waals surface area contributed by atoms with Gasteiger partial charge in [0.05, 0.1) is 6.10 Å². The molecule has 0 amide bonds. The van der Waals surface area contributed by atoms with E-state index in [0.717, 1.165) is 5.56 Å². The molecule has 0 saturated heterocycles. The Morgan fingerprint density at radius 1 is 1.19 bits per heavy atom. The van der Waals surface area contributed by atoms with E-state index in [4.69, 9.17) is 0 Å². The van der Waals surface area contributed by atoms with Crippen LogP contribution in [0.1, 0.15) is 37.4 Å². The normalized spacial score (nSPS) is 34.2. The molecule has 0 heterocycles. The van der Waals surface area contributed by atoms with Crippen molar-refractivity contribution in [3.05, 3.63) is 35.6 Å². The molecule has 0 aromatic heterocycles. The van der Waals surface area contributed by atoms with Crippen molar-refractivity contribution >= 4 is 0 Å². The number of aliphatic hydroxyl groups is 1. The van der Waals surface area contributed by atoms with Gasteiger partial charge >= 0.3 is 0 Å². The molecule has 3 rings (SSSR count). The van der Waals surface area contributed by atoms with Crippen LogP contribution < -0.4 is 0 Å². The van der Waals surface area contributed by atoms with Crippen LogP contribution in [0.4, 0.5) is 4.39 Å². The minimum Gasteiger partial charge on any atom is -0.388 e. The first-order valence-corrected chi connectivity index (χ1v) is 6.21. The number of aliphatic hydroxyl groups excluding tert-OH is 1. The van der Waals surface area contributed by atoms with Crippen LogP contribution >= 0.6 is 0 Å². The highest BCUT2D eigenvalue weighted by molar-refractivity contribution is 5.22. The average Bonchev–Trinajstić information content (AvgIpc) is 3.02. The van der Waals surface area contributed by atoms with E-state index in [0.29, 0.717) is 17.8 Å². The SMILES string of the molecule is OC(c1cccc(F)c1)C1C2CCCCC21. The lowest BCUT2D eigenvalue weighted by Crippen LogP contribution is -2.02. The summed E-state index contributed by atoms with van der Waals surface area (Å²) >= 11 is 0. The van der Waals surface area contributed by atoms with Gasteiger partial charge in [0.2, 0.25) is 0 Å². The van der Waals surface area contributed by atoms with E-state index in [1.54, 1.807) is 6.07 Å². The highest BCUT2D eigenvalue weighted by Crippen LogP contribution is 2.60. The van der Waals surface area contributed by atoms with E-state index in [-0.39, 0.29) is 5.82 Å². The first-order valence-electron chi connectivity index (χ1n) is 6.21. The lowest BCUT2D eigenvalue weighted by Gasteiger charge is -2.10. The lowest BCUT2D eigenvalue weighted by atomic mass is 10.0. The summed E-state index contributed by atoms with van der Waals surface area (Å²) in [5.74, 6) is 1.54. The maximum absolute atomic E-state index is 13.1. The Bertz CT molecular complexity index is 378. The molecule has 3 atom stereocenters. The van der Waals surface area contributed by atoms with Crippen LogP contribution in [0.5, 0.6) is 0 Å². The van der Waals surface area contributed by atoms with Crippen LogP contribution in [-0.2, 0) is 0 Å². The molecule has 2 fully saturated rings. The van der Waals surface area contributed by atoms with Crippen LogP contribution in [0.2, 0.25) is 0 Å². The zero-order valence-corrected chi connectivity index (χ0v) is 9.27. The first kappa shape index (κ1) is 10.3. The Kier molecular flexibility index (Phi) is 2.47. The number of fused-ring (bicyclic) bond motifs is 1. The molecule has 2 heteroatoms. The monoisotopic (exact) mass is 220 g/mol. The fourth-order valence-electron chi connectivity index (χ4n) is 3.43. The number of hydrogen-bond donors (Lipinski definition) is 1. The molecular weight excluding hydrogens is 203 g/mol. The maximum atomic E-state index is 13.1. The predicted octanol–water partition coefficient (Wildman–Crippen LogP) is 3.30. The molecular formula is C14H17FO. The van der Waals surface area contributed by atoms with Gasteiger partial charge in [0.1, 0.15) is 5.82 Å². The Labute approximate surface area is 95.3 Å². The third kappa shape index (κ3) is 1.65. The van der Waals surface area contributed by atoms with E-state index < -0.39 is 6.10 Å². The van der Waals surface area contributed by atoms with Gasteiger partial charge in [-0.1, -0.05) is 25.0 Å². The Hall–Kier alpha value is -0.890. The summed E-state index contributed by atoms with van der Waals surface area (Å²) in [6, 6.07) is 6.41. The maximum Gasteiger partial charge on any atom is 0.123 e. The largest absolute Gasteiger partial charge is 0.388 e. The number of halogens is 1. The van der Waals surface area contributed by atoms with Gasteiger partial charge in [0, 0.05) is 0 Å². The highest BCUT2D eigenvalue weighted by Gasteiger charge is 2.54. The molecule has 0 aliphatic heterocycles. The molecule has 0 radical (unpaired) electrons. The van der Waals surface area contributed by atoms with Crippen molar-refractivity contribution in [3.63, 3.8) is 0 Å². The molecule has 0 bridgehead atoms. The van der Waals surface area contributed by atoms with Gasteiger partial charge in [-0.05, 0) is 48.3 Å². The van der Waals surface area contributed by atoms with Crippen molar-refractivity contribution in [2.75, 3.05) is 0 Å². The standard InChI is InChI=1S/C14H17FO/c15-10-5-3-4-9(8-10)14(16)13-11-6-1-2-7-12(11)13/h3-5,8,11-14,16H,1-2,6-7H2. The summed E-state index contributed by atoms with van der Waals surface area (Å²) in [7, 11) is 0. The summed E-state index contributed by atoms with van der Waals surface area (Å²) in [6.07, 6.45) is 4.65. The van der Waals surface area contributed by atoms with E-state index in [1.165, 1.54) is 37.8 Å². The highest BCUT2D eigenvalue weighted by atomic mass is 19.1. The third-order valence-electron chi connectivity index (χ3n) is 4.28. The van der Waals surface area contributed by atoms with Crippen LogP contribution in [0.15, 0.2) is 24.3 Å². The summed E-state index contributed by atoms with van der Waals surface area (Å²) in [5.41, 5.74) is 0.749. The summed E-state index contributed by atoms with van der Waals surface area (Å²) in [6.45, 7) is 0. The van der Waals surface area contributed by atoms with Gasteiger partial charge in [-0.25, -0.2) is 4.39 Å². The Morgan fingerprint density at radius 2 is 1.88 bits per heavy atom. The minimum absolute atomic E-state index is 0.250. The van der Waals surface area contributed by atoms with Crippen molar-refractivity contribution in [1.82, 2.24) is 0 Å². The number of rotatable bonds is 2. The Balaban J connectivity index is 1.76. The lowest BCUT2D eigenvalue weighted by molar-refractivity contribution is 0.142. The van der Waals surface area contributed by atoms with Gasteiger partial charge in [-0.2, -0.15) is 0 Å². The molecule has 1 N–H and O–H groups in total. The smallest absolute Gasteiger partial charge is 0.123 e. The van der Waals surface area contributed by atoms with Crippen LogP contribution in [0.25, 0.3) is 0 Å². The van der Waals surface area contributed by atoms with Crippen molar-refractivity contribution in [2.24, 2.45) is 17.8 Å². The molecule has 2 aliphatic carbocycles. The van der Waals surface area contributed by atoms with Crippen LogP contribution in [-0.4, -0.2) is 5.11 Å². The van der Waals surface area contributed by atoms with Crippen LogP contribution in [0, 0.1) is 23.6 Å². The average molecular weight is 220 g/mol. The molecule has 0 spiro atoms. The van der Waals surface area contributed by atoms with Gasteiger partial charge in [0.15, 0.2) is 0 Å². The number of benzene rings is 1. The van der Waals surface area contributed by atoms with Crippen molar-refractivity contribution in [2.45, 2.75) is 31.8 Å². The predicted molar refractivity (Wildman–Crippen MR) is 60.3 cm³/mol. The molecule has 2 saturated carbocycles. The topological polar surface area (TPSA) is 20.2 Å². The van der Waals surface area contributed by atoms with E-state index in [9.17, 15) is 9.50 Å². The summed E-state index contributed by atoms with van der Waals surface area (Å²) < 4.78 is 13.1. The second-order valence-electron chi connectivity index (χ2n) is 5.19. The molecule has 1 aromatic rings. The van der Waals surface area contributed by atoms with Gasteiger partial charge in [-0.3, -0.25) is 0 Å². The fraction of sp³-hybridized carbons (Fsp3) is 0.571. The zero-order chi connectivity index (χ0) is 11.1. The molecule has 16 heavy (non-hydrogen) atoms. The molecule has 2 aliphatic rings. The van der Waals surface area contributed by atoms with Gasteiger partial charge in [-0.15, -0.1) is 0 Å². The zero-order valence-electron chi connectivity index (χ0n) is 9.27. The van der Waals surface area contributed by atoms with Gasteiger partial charge in [0.25, 0.3) is 0 Å². The third-order valence-corrected chi connectivity index (χ3v) is 4.28. The van der Waals surface area contributed by atoms with Crippen molar-refractivity contribution in [3.8, 4) is 0 Å². The first-order chi connectivity index (χ1) is 7.77. The quantitative estimate of drug-likeness (QED) is 0.810. The van der Waals surface area contributed by atoms with Gasteiger partial charge < -0.3 is 5.11 Å². The van der Waals surface area contributed by atoms with E-state index in [2.05, 4.69) is 0 Å². The summed E-state index contributed by atoms with van der Waals surface area (Å²) in [4.78, 5) is 0. The van der Waals surface area contributed by atoms with Crippen molar-refractivity contribution < 1.29 is 9.50 Å². The second kappa shape index (κ2) is 3.85. The van der Waals surface area contributed by atoms with E-state index in [1.807, 2.05) is 6.07 Å².